The summed E-state index contributed by atoms with van der Waals surface area (Å²) >= 11 is 10.6. The van der Waals surface area contributed by atoms with Crippen LogP contribution in [-0.4, -0.2) is 24.2 Å². The number of carbonyl (C=O) groups is 1. The lowest BCUT2D eigenvalue weighted by molar-refractivity contribution is -0.137. The largest absolute Gasteiger partial charge is 0.587 e. The molecule has 2 aromatic carbocycles. The van der Waals surface area contributed by atoms with E-state index >= 15 is 0 Å². The first-order valence-corrected chi connectivity index (χ1v) is 11.1. The van der Waals surface area contributed by atoms with Crippen LogP contribution < -0.4 is 0 Å². The van der Waals surface area contributed by atoms with Gasteiger partial charge in [-0.25, -0.2) is 4.39 Å². The minimum absolute atomic E-state index is 0.235. The van der Waals surface area contributed by atoms with Gasteiger partial charge in [0.2, 0.25) is 0 Å². The molecule has 0 aliphatic heterocycles. The Morgan fingerprint density at radius 1 is 1.19 bits per heavy atom. The zero-order valence-electron chi connectivity index (χ0n) is 16.3. The monoisotopic (exact) mass is 478 g/mol. The van der Waals surface area contributed by atoms with E-state index in [4.69, 9.17) is 23.2 Å². The van der Waals surface area contributed by atoms with Crippen molar-refractivity contribution in [1.82, 2.24) is 8.54 Å². The van der Waals surface area contributed by atoms with Crippen LogP contribution in [-0.2, 0) is 29.1 Å². The van der Waals surface area contributed by atoms with Gasteiger partial charge >= 0.3 is 5.97 Å². The standard InChI is InChI=1S/C22H17Cl2FN2O3S/c1-13-17(18-10-15(25)5-6-20(18)26(13)12-22(28)29)11-16-3-2-8-27(16)31(30)21-7-4-14(23)9-19(21)24/h2-10H,11-12H2,1H3,(H,28,29). The molecule has 4 aromatic rings. The number of halogens is 3. The molecule has 5 nitrogen and oxygen atoms in total. The van der Waals surface area contributed by atoms with Crippen LogP contribution in [0.2, 0.25) is 10.0 Å². The fourth-order valence-corrected chi connectivity index (χ4v) is 5.44. The molecule has 0 aliphatic rings. The molecular weight excluding hydrogens is 462 g/mol. The average Bonchev–Trinajstić information content (AvgIpc) is 3.26. The van der Waals surface area contributed by atoms with Gasteiger partial charge in [0.25, 0.3) is 0 Å². The van der Waals surface area contributed by atoms with E-state index in [9.17, 15) is 18.8 Å². The van der Waals surface area contributed by atoms with Crippen molar-refractivity contribution in [3.05, 3.63) is 87.5 Å². The van der Waals surface area contributed by atoms with Gasteiger partial charge in [0.05, 0.1) is 16.9 Å². The number of nitrogens with zero attached hydrogens (tertiary/aromatic N) is 2. The van der Waals surface area contributed by atoms with E-state index in [1.165, 1.54) is 18.2 Å². The molecule has 0 spiro atoms. The van der Waals surface area contributed by atoms with Crippen molar-refractivity contribution in [1.29, 1.82) is 0 Å². The molecule has 31 heavy (non-hydrogen) atoms. The maximum Gasteiger partial charge on any atom is 0.323 e. The first-order valence-electron chi connectivity index (χ1n) is 9.29. The van der Waals surface area contributed by atoms with E-state index in [1.807, 2.05) is 6.07 Å². The van der Waals surface area contributed by atoms with Gasteiger partial charge < -0.3 is 14.2 Å². The molecule has 0 fully saturated rings. The Morgan fingerprint density at radius 3 is 2.68 bits per heavy atom. The number of aromatic nitrogens is 2. The van der Waals surface area contributed by atoms with E-state index < -0.39 is 23.1 Å². The van der Waals surface area contributed by atoms with Gasteiger partial charge in [-0.05, 0) is 61.0 Å². The molecule has 9 heteroatoms. The van der Waals surface area contributed by atoms with Crippen molar-refractivity contribution in [3.63, 3.8) is 0 Å². The van der Waals surface area contributed by atoms with Crippen LogP contribution in [0.25, 0.3) is 10.9 Å². The van der Waals surface area contributed by atoms with E-state index in [0.29, 0.717) is 43.7 Å². The number of rotatable bonds is 6. The minimum atomic E-state index is -1.62. The number of hydrogen-bond acceptors (Lipinski definition) is 2. The smallest absolute Gasteiger partial charge is 0.323 e. The first kappa shape index (κ1) is 21.8. The van der Waals surface area contributed by atoms with E-state index in [2.05, 4.69) is 0 Å². The number of carboxylic acid groups (broad SMARTS) is 1. The highest BCUT2D eigenvalue weighted by Crippen LogP contribution is 2.31. The summed E-state index contributed by atoms with van der Waals surface area (Å²) in [5, 5.41) is 10.7. The highest BCUT2D eigenvalue weighted by Gasteiger charge is 2.23. The van der Waals surface area contributed by atoms with Crippen LogP contribution in [0.1, 0.15) is 17.0 Å². The van der Waals surface area contributed by atoms with Crippen LogP contribution in [0.3, 0.4) is 0 Å². The Bertz CT molecular complexity index is 1300. The van der Waals surface area contributed by atoms with Crippen molar-refractivity contribution >= 4 is 51.4 Å². The average molecular weight is 479 g/mol. The summed E-state index contributed by atoms with van der Waals surface area (Å²) in [6.07, 6.45) is 2.02. The summed E-state index contributed by atoms with van der Waals surface area (Å²) in [5.74, 6) is -1.40. The lowest BCUT2D eigenvalue weighted by Crippen LogP contribution is -2.16. The molecule has 1 unspecified atom stereocenters. The van der Waals surface area contributed by atoms with Gasteiger partial charge in [0, 0.05) is 28.0 Å². The molecule has 160 valence electrons. The number of aliphatic carboxylic acids is 1. The van der Waals surface area contributed by atoms with Crippen LogP contribution in [0.4, 0.5) is 4.39 Å². The fraction of sp³-hybridized carbons (Fsp3) is 0.136. The molecule has 1 atom stereocenters. The Morgan fingerprint density at radius 2 is 1.97 bits per heavy atom. The van der Waals surface area contributed by atoms with Gasteiger partial charge in [-0.15, -0.1) is 0 Å². The number of hydrogen-bond donors (Lipinski definition) is 1. The second-order valence-electron chi connectivity index (χ2n) is 7.03. The highest BCUT2D eigenvalue weighted by molar-refractivity contribution is 7.90. The summed E-state index contributed by atoms with van der Waals surface area (Å²) in [6.45, 7) is 1.57. The van der Waals surface area contributed by atoms with E-state index in [-0.39, 0.29) is 6.54 Å². The molecule has 2 heterocycles. The summed E-state index contributed by atoms with van der Waals surface area (Å²) in [5.41, 5.74) is 2.84. The molecule has 2 aromatic heterocycles. The zero-order valence-corrected chi connectivity index (χ0v) is 18.6. The maximum absolute atomic E-state index is 14.0. The molecular formula is C22H17Cl2FN2O3S. The quantitative estimate of drug-likeness (QED) is 0.375. The minimum Gasteiger partial charge on any atom is -0.587 e. The molecule has 0 radical (unpaired) electrons. The van der Waals surface area contributed by atoms with Gasteiger partial charge in [0.15, 0.2) is 4.90 Å². The molecule has 0 amide bonds. The number of carboxylic acids is 1. The second-order valence-corrected chi connectivity index (χ2v) is 9.21. The van der Waals surface area contributed by atoms with Crippen LogP contribution in [0, 0.1) is 12.7 Å². The SMILES string of the molecule is Cc1c(Cc2cccn2[S+]([O-])c2ccc(Cl)cc2Cl)c2cc(F)ccc2n1CC(=O)O. The molecule has 0 bridgehead atoms. The molecule has 1 N–H and O–H groups in total. The van der Waals surface area contributed by atoms with Crippen molar-refractivity contribution in [2.24, 2.45) is 0 Å². The summed E-state index contributed by atoms with van der Waals surface area (Å²) in [7, 11) is 0. The molecule has 0 saturated heterocycles. The van der Waals surface area contributed by atoms with Crippen molar-refractivity contribution < 1.29 is 18.8 Å². The third-order valence-electron chi connectivity index (χ3n) is 5.12. The Balaban J connectivity index is 1.78. The maximum atomic E-state index is 14.0. The normalized spacial score (nSPS) is 12.4. The third kappa shape index (κ3) is 4.19. The predicted molar refractivity (Wildman–Crippen MR) is 120 cm³/mol. The van der Waals surface area contributed by atoms with Crippen LogP contribution in [0.5, 0.6) is 0 Å². The van der Waals surface area contributed by atoms with Gasteiger partial charge in [0.1, 0.15) is 23.7 Å². The van der Waals surface area contributed by atoms with Crippen molar-refractivity contribution in [2.45, 2.75) is 24.8 Å². The van der Waals surface area contributed by atoms with Gasteiger partial charge in [-0.3, -0.25) is 4.79 Å². The zero-order chi connectivity index (χ0) is 22.3. The number of fused-ring (bicyclic) bond motifs is 1. The van der Waals surface area contributed by atoms with Gasteiger partial charge in [-0.1, -0.05) is 23.2 Å². The van der Waals surface area contributed by atoms with E-state index in [1.54, 1.807) is 45.9 Å². The van der Waals surface area contributed by atoms with Crippen LogP contribution >= 0.6 is 23.2 Å². The lowest BCUT2D eigenvalue weighted by atomic mass is 10.1. The van der Waals surface area contributed by atoms with Crippen molar-refractivity contribution in [2.75, 3.05) is 0 Å². The third-order valence-corrected chi connectivity index (χ3v) is 7.23. The van der Waals surface area contributed by atoms with E-state index in [0.717, 1.165) is 5.56 Å². The lowest BCUT2D eigenvalue weighted by Gasteiger charge is -2.15. The summed E-state index contributed by atoms with van der Waals surface area (Å²) in [6, 6.07) is 12.6. The Labute approximate surface area is 190 Å². The van der Waals surface area contributed by atoms with Gasteiger partial charge in [-0.2, -0.15) is 3.97 Å². The van der Waals surface area contributed by atoms with Crippen molar-refractivity contribution in [3.8, 4) is 0 Å². The second kappa shape index (κ2) is 8.59. The highest BCUT2D eigenvalue weighted by atomic mass is 35.5. The number of benzene rings is 2. The Kier molecular flexibility index (Phi) is 6.03. The summed E-state index contributed by atoms with van der Waals surface area (Å²) < 4.78 is 30.4. The summed E-state index contributed by atoms with van der Waals surface area (Å²) in [4.78, 5) is 11.8. The molecule has 0 aliphatic carbocycles. The predicted octanol–water partition coefficient (Wildman–Crippen LogP) is 5.44. The van der Waals surface area contributed by atoms with Crippen LogP contribution in [0.15, 0.2) is 59.6 Å². The topological polar surface area (TPSA) is 70.2 Å². The first-order chi connectivity index (χ1) is 14.8. The Hall–Kier alpha value is -2.45. The fourth-order valence-electron chi connectivity index (χ4n) is 3.69. The molecule has 0 saturated carbocycles. The molecule has 4 rings (SSSR count).